The van der Waals surface area contributed by atoms with Gasteiger partial charge in [0.25, 0.3) is 0 Å². The third-order valence-corrected chi connectivity index (χ3v) is 7.08. The van der Waals surface area contributed by atoms with Crippen molar-refractivity contribution < 1.29 is 27.5 Å². The lowest BCUT2D eigenvalue weighted by atomic mass is 9.80. The zero-order valence-electron chi connectivity index (χ0n) is 19.6. The Kier molecular flexibility index (Phi) is 6.07. The van der Waals surface area contributed by atoms with Gasteiger partial charge in [0.2, 0.25) is 10.0 Å². The third kappa shape index (κ3) is 4.60. The van der Waals surface area contributed by atoms with E-state index in [1.807, 2.05) is 12.1 Å². The summed E-state index contributed by atoms with van der Waals surface area (Å²) in [6, 6.07) is 11.2. The summed E-state index contributed by atoms with van der Waals surface area (Å²) in [5.41, 5.74) is 2.11. The van der Waals surface area contributed by atoms with Crippen LogP contribution < -0.4 is 10.5 Å². The number of nitrogens with two attached hydrogens (primary N) is 1. The molecule has 0 aliphatic carbocycles. The number of esters is 1. The van der Waals surface area contributed by atoms with Gasteiger partial charge in [-0.15, -0.1) is 0 Å². The van der Waals surface area contributed by atoms with Crippen molar-refractivity contribution in [3.05, 3.63) is 59.2 Å². The molecule has 3 atom stereocenters. The van der Waals surface area contributed by atoms with Crippen LogP contribution in [0, 0.1) is 5.92 Å². The molecule has 2 aromatic carbocycles. The molecule has 0 bridgehead atoms. The maximum Gasteiger partial charge on any atom is 0.410 e. The van der Waals surface area contributed by atoms with Crippen LogP contribution >= 0.6 is 0 Å². The number of ether oxygens (including phenoxy) is 2. The number of anilines is 1. The van der Waals surface area contributed by atoms with Gasteiger partial charge in [0, 0.05) is 18.2 Å². The second kappa shape index (κ2) is 8.59. The van der Waals surface area contributed by atoms with Gasteiger partial charge < -0.3 is 19.7 Å². The molecule has 1 saturated heterocycles. The first-order chi connectivity index (χ1) is 15.9. The molecule has 9 nitrogen and oxygen atoms in total. The van der Waals surface area contributed by atoms with Gasteiger partial charge in [-0.1, -0.05) is 12.1 Å². The molecule has 2 aliphatic heterocycles. The Labute approximate surface area is 199 Å². The standard InChI is InChI=1S/C24H29N3O6S/c1-24(2,3)33-23(29)27-12-11-17-20(14-5-7-15(8-6-14)22(28)32-4)26-19-10-9-16(34(25,30)31)13-18(19)21(17)27/h5-10,13,17,20-21,26H,11-12H2,1-4H3,(H2,25,30,31). The molecule has 34 heavy (non-hydrogen) atoms. The maximum absolute atomic E-state index is 13.1. The lowest BCUT2D eigenvalue weighted by Gasteiger charge is -2.40. The first-order valence-corrected chi connectivity index (χ1v) is 12.5. The molecule has 0 saturated carbocycles. The van der Waals surface area contributed by atoms with Gasteiger partial charge in [0.15, 0.2) is 0 Å². The summed E-state index contributed by atoms with van der Waals surface area (Å²) in [4.78, 5) is 26.6. The summed E-state index contributed by atoms with van der Waals surface area (Å²) < 4.78 is 34.5. The number of carbonyl (C=O) groups excluding carboxylic acids is 2. The van der Waals surface area contributed by atoms with Gasteiger partial charge in [-0.25, -0.2) is 23.1 Å². The smallest absolute Gasteiger partial charge is 0.410 e. The molecule has 182 valence electrons. The minimum Gasteiger partial charge on any atom is -0.465 e. The highest BCUT2D eigenvalue weighted by Gasteiger charge is 2.47. The Morgan fingerprint density at radius 1 is 1.12 bits per heavy atom. The van der Waals surface area contributed by atoms with Crippen molar-refractivity contribution in [1.82, 2.24) is 4.90 Å². The van der Waals surface area contributed by atoms with E-state index < -0.39 is 33.7 Å². The van der Waals surface area contributed by atoms with E-state index in [9.17, 15) is 18.0 Å². The van der Waals surface area contributed by atoms with Crippen molar-refractivity contribution >= 4 is 27.8 Å². The van der Waals surface area contributed by atoms with E-state index in [1.54, 1.807) is 43.9 Å². The van der Waals surface area contributed by atoms with Crippen LogP contribution in [0.4, 0.5) is 10.5 Å². The Morgan fingerprint density at radius 2 is 1.79 bits per heavy atom. The van der Waals surface area contributed by atoms with Gasteiger partial charge in [-0.05, 0) is 68.7 Å². The van der Waals surface area contributed by atoms with E-state index in [0.717, 1.165) is 5.56 Å². The lowest BCUT2D eigenvalue weighted by molar-refractivity contribution is 0.0197. The highest BCUT2D eigenvalue weighted by Crippen LogP contribution is 2.51. The van der Waals surface area contributed by atoms with Crippen molar-refractivity contribution in [1.29, 1.82) is 0 Å². The number of hydrogen-bond donors (Lipinski definition) is 2. The van der Waals surface area contributed by atoms with Crippen LogP contribution in [-0.2, 0) is 19.5 Å². The van der Waals surface area contributed by atoms with Gasteiger partial charge >= 0.3 is 12.1 Å². The predicted octanol–water partition coefficient (Wildman–Crippen LogP) is 3.59. The Hall–Kier alpha value is -3.11. The Morgan fingerprint density at radius 3 is 2.38 bits per heavy atom. The van der Waals surface area contributed by atoms with Gasteiger partial charge in [-0.3, -0.25) is 0 Å². The van der Waals surface area contributed by atoms with E-state index in [-0.39, 0.29) is 16.9 Å². The molecule has 2 aromatic rings. The van der Waals surface area contributed by atoms with Crippen LogP contribution in [0.2, 0.25) is 0 Å². The molecule has 1 fully saturated rings. The molecular formula is C24H29N3O6S. The molecule has 4 rings (SSSR count). The number of primary sulfonamides is 1. The highest BCUT2D eigenvalue weighted by molar-refractivity contribution is 7.89. The van der Waals surface area contributed by atoms with E-state index in [4.69, 9.17) is 14.6 Å². The van der Waals surface area contributed by atoms with Crippen LogP contribution in [0.25, 0.3) is 0 Å². The number of methoxy groups -OCH3 is 1. The number of sulfonamides is 1. The van der Waals surface area contributed by atoms with Crippen molar-refractivity contribution in [2.45, 2.75) is 49.8 Å². The summed E-state index contributed by atoms with van der Waals surface area (Å²) in [5, 5.41) is 8.89. The molecule has 3 N–H and O–H groups in total. The van der Waals surface area contributed by atoms with Gasteiger partial charge in [-0.2, -0.15) is 0 Å². The summed E-state index contributed by atoms with van der Waals surface area (Å²) >= 11 is 0. The normalized spacial score (nSPS) is 21.8. The third-order valence-electron chi connectivity index (χ3n) is 6.17. The fourth-order valence-corrected chi connectivity index (χ4v) is 5.28. The molecule has 1 amide bonds. The average molecular weight is 488 g/mol. The SMILES string of the molecule is COC(=O)c1ccc(C2Nc3ccc(S(N)(=O)=O)cc3C3C2CCN3C(=O)OC(C)(C)C)cc1. The summed E-state index contributed by atoms with van der Waals surface area (Å²) in [6.07, 6.45) is 0.230. The fourth-order valence-electron chi connectivity index (χ4n) is 4.73. The number of amides is 1. The fraction of sp³-hybridized carbons (Fsp3) is 0.417. The zero-order valence-corrected chi connectivity index (χ0v) is 20.4. The summed E-state index contributed by atoms with van der Waals surface area (Å²) in [6.45, 7) is 5.88. The number of rotatable bonds is 3. The van der Waals surface area contributed by atoms with E-state index in [1.165, 1.54) is 19.2 Å². The molecule has 3 unspecified atom stereocenters. The minimum atomic E-state index is -3.92. The maximum atomic E-state index is 13.1. The van der Waals surface area contributed by atoms with E-state index in [0.29, 0.717) is 29.8 Å². The van der Waals surface area contributed by atoms with Crippen LogP contribution in [-0.4, -0.2) is 44.6 Å². The molecule has 0 spiro atoms. The molecule has 0 radical (unpaired) electrons. The highest BCUT2D eigenvalue weighted by atomic mass is 32.2. The first kappa shape index (κ1) is 24.0. The van der Waals surface area contributed by atoms with Crippen molar-refractivity contribution in [3.8, 4) is 0 Å². The van der Waals surface area contributed by atoms with Crippen LogP contribution in [0.5, 0.6) is 0 Å². The Balaban J connectivity index is 1.77. The van der Waals surface area contributed by atoms with Crippen molar-refractivity contribution in [2.75, 3.05) is 19.0 Å². The monoisotopic (exact) mass is 487 g/mol. The second-order valence-corrected chi connectivity index (χ2v) is 11.2. The topological polar surface area (TPSA) is 128 Å². The molecule has 0 aromatic heterocycles. The zero-order chi connectivity index (χ0) is 24.8. The summed E-state index contributed by atoms with van der Waals surface area (Å²) in [7, 11) is -2.59. The molecular weight excluding hydrogens is 458 g/mol. The predicted molar refractivity (Wildman–Crippen MR) is 126 cm³/mol. The van der Waals surface area contributed by atoms with Crippen LogP contribution in [0.1, 0.15) is 60.8 Å². The van der Waals surface area contributed by atoms with Gasteiger partial charge in [0.1, 0.15) is 5.60 Å². The lowest BCUT2D eigenvalue weighted by Crippen LogP contribution is -2.40. The van der Waals surface area contributed by atoms with Crippen molar-refractivity contribution in [3.63, 3.8) is 0 Å². The number of nitrogens with one attached hydrogen (secondary N) is 1. The van der Waals surface area contributed by atoms with Gasteiger partial charge in [0.05, 0.1) is 29.7 Å². The van der Waals surface area contributed by atoms with Crippen molar-refractivity contribution in [2.24, 2.45) is 11.1 Å². The van der Waals surface area contributed by atoms with Crippen LogP contribution in [0.15, 0.2) is 47.4 Å². The number of hydrogen-bond acceptors (Lipinski definition) is 7. The number of fused-ring (bicyclic) bond motifs is 3. The van der Waals surface area contributed by atoms with E-state index in [2.05, 4.69) is 5.32 Å². The molecule has 2 heterocycles. The summed E-state index contributed by atoms with van der Waals surface area (Å²) in [5.74, 6) is -0.474. The first-order valence-electron chi connectivity index (χ1n) is 11.0. The average Bonchev–Trinajstić information content (AvgIpc) is 3.22. The number of nitrogens with zero attached hydrogens (tertiary/aromatic N) is 1. The molecule has 10 heteroatoms. The van der Waals surface area contributed by atoms with Crippen LogP contribution in [0.3, 0.4) is 0 Å². The quantitative estimate of drug-likeness (QED) is 0.633. The number of benzene rings is 2. The minimum absolute atomic E-state index is 0.0104. The van der Waals surface area contributed by atoms with E-state index >= 15 is 0 Å². The number of likely N-dealkylation sites (tertiary alicyclic amines) is 1. The molecule has 2 aliphatic rings. The number of carbonyl (C=O) groups is 2. The Bertz CT molecular complexity index is 1220. The largest absolute Gasteiger partial charge is 0.465 e. The second-order valence-electron chi connectivity index (χ2n) is 9.60.